The molecule has 13 rings (SSSR count). The van der Waals surface area contributed by atoms with Crippen LogP contribution in [0.4, 0.5) is 17.1 Å². The summed E-state index contributed by atoms with van der Waals surface area (Å²) in [5.41, 5.74) is 18.8. The number of benzene rings is 12. The molecule has 0 aliphatic rings. The van der Waals surface area contributed by atoms with Crippen LogP contribution in [-0.2, 0) is 0 Å². The highest BCUT2D eigenvalue weighted by Gasteiger charge is 2.16. The Morgan fingerprint density at radius 2 is 0.557 bits per heavy atom. The Morgan fingerprint density at radius 1 is 0.214 bits per heavy atom. The molecular weight excluding hydrogens is 845 g/mol. The molecule has 0 unspecified atom stereocenters. The number of rotatable bonds is 9. The van der Waals surface area contributed by atoms with Crippen molar-refractivity contribution in [1.82, 2.24) is 4.57 Å². The van der Waals surface area contributed by atoms with Crippen LogP contribution in [0.15, 0.2) is 279 Å². The molecule has 0 N–H and O–H groups in total. The van der Waals surface area contributed by atoms with E-state index in [4.69, 9.17) is 0 Å². The number of para-hydroxylation sites is 1. The number of nitrogens with zero attached hydrogens (tertiary/aromatic N) is 2. The van der Waals surface area contributed by atoms with E-state index in [2.05, 4.69) is 289 Å². The molecule has 12 aromatic carbocycles. The first-order valence-electron chi connectivity index (χ1n) is 24.1. The van der Waals surface area contributed by atoms with Gasteiger partial charge in [0.25, 0.3) is 0 Å². The predicted octanol–water partition coefficient (Wildman–Crippen LogP) is 18.9. The molecule has 1 aromatic heterocycles. The molecule has 0 spiro atoms. The molecule has 13 aromatic rings. The lowest BCUT2D eigenvalue weighted by atomic mass is 9.98. The normalized spacial score (nSPS) is 11.4. The molecule has 2 heteroatoms. The molecule has 70 heavy (non-hydrogen) atoms. The SMILES string of the molecule is c1ccc(-c2ccc(-n3c4ccccc4c4cc(-c5ccc(-c6ccc(N(c7ccc(-c8ccc9ccccc9c8)cc7)c7ccc(-c8ccc9ccccc9c8)cc7)cc6)cc5)ccc43)cc2)cc1. The molecule has 0 saturated carbocycles. The Kier molecular flexibility index (Phi) is 10.2. The van der Waals surface area contributed by atoms with Crippen molar-refractivity contribution in [1.29, 1.82) is 0 Å². The fraction of sp³-hybridized carbons (Fsp3) is 0. The monoisotopic (exact) mass is 890 g/mol. The van der Waals surface area contributed by atoms with Gasteiger partial charge in [-0.3, -0.25) is 0 Å². The van der Waals surface area contributed by atoms with Crippen molar-refractivity contribution in [2.75, 3.05) is 4.90 Å². The number of fused-ring (bicyclic) bond motifs is 5. The summed E-state index contributed by atoms with van der Waals surface area (Å²) in [5.74, 6) is 0. The van der Waals surface area contributed by atoms with Crippen LogP contribution in [0, 0.1) is 0 Å². The smallest absolute Gasteiger partial charge is 0.0541 e. The molecule has 0 fully saturated rings. The molecule has 0 radical (unpaired) electrons. The van der Waals surface area contributed by atoms with E-state index in [1.54, 1.807) is 0 Å². The molecule has 0 atom stereocenters. The molecular formula is C68H46N2. The summed E-state index contributed by atoms with van der Waals surface area (Å²) in [6.45, 7) is 0. The minimum absolute atomic E-state index is 1.09. The van der Waals surface area contributed by atoms with Gasteiger partial charge < -0.3 is 9.47 Å². The molecule has 0 aliphatic heterocycles. The lowest BCUT2D eigenvalue weighted by molar-refractivity contribution is 1.18. The number of hydrogen-bond donors (Lipinski definition) is 0. The van der Waals surface area contributed by atoms with Gasteiger partial charge in [0.2, 0.25) is 0 Å². The average Bonchev–Trinajstić information content (AvgIpc) is 3.77. The summed E-state index contributed by atoms with van der Waals surface area (Å²) in [7, 11) is 0. The van der Waals surface area contributed by atoms with Gasteiger partial charge in [-0.15, -0.1) is 0 Å². The first kappa shape index (κ1) is 41.0. The van der Waals surface area contributed by atoms with Gasteiger partial charge in [0.05, 0.1) is 11.0 Å². The highest BCUT2D eigenvalue weighted by atomic mass is 15.1. The summed E-state index contributed by atoms with van der Waals surface area (Å²) >= 11 is 0. The Morgan fingerprint density at radius 3 is 1.07 bits per heavy atom. The molecule has 1 heterocycles. The van der Waals surface area contributed by atoms with Crippen molar-refractivity contribution < 1.29 is 0 Å². The van der Waals surface area contributed by atoms with Crippen molar-refractivity contribution >= 4 is 60.4 Å². The first-order valence-corrected chi connectivity index (χ1v) is 24.1. The van der Waals surface area contributed by atoms with E-state index in [-0.39, 0.29) is 0 Å². The van der Waals surface area contributed by atoms with Gasteiger partial charge in [0, 0.05) is 33.5 Å². The maximum Gasteiger partial charge on any atom is 0.0541 e. The Bertz CT molecular complexity index is 3880. The van der Waals surface area contributed by atoms with Crippen molar-refractivity contribution in [3.8, 4) is 61.3 Å². The second-order valence-corrected chi connectivity index (χ2v) is 18.2. The van der Waals surface area contributed by atoms with Crippen molar-refractivity contribution in [2.45, 2.75) is 0 Å². The summed E-state index contributed by atoms with van der Waals surface area (Å²) < 4.78 is 2.39. The van der Waals surface area contributed by atoms with E-state index >= 15 is 0 Å². The quantitative estimate of drug-likeness (QED) is 0.140. The molecule has 0 bridgehead atoms. The van der Waals surface area contributed by atoms with Gasteiger partial charge in [0.1, 0.15) is 0 Å². The Balaban J connectivity index is 0.802. The fourth-order valence-electron chi connectivity index (χ4n) is 10.3. The van der Waals surface area contributed by atoms with E-state index in [9.17, 15) is 0 Å². The van der Waals surface area contributed by atoms with Crippen molar-refractivity contribution in [2.24, 2.45) is 0 Å². The standard InChI is InChI=1S/C68H46N2/c1-2-10-47(11-3-1)51-28-41-64(42-29-51)70-67-17-9-8-16-65(67)66-46-60(34-43-68(66)70)53-20-18-50(19-21-53)52-26-35-61(36-27-52)69(62-37-30-54(31-38-62)58-24-22-48-12-4-6-14-56(48)44-58)63-39-32-55(33-40-63)59-25-23-49-13-5-7-15-57(49)45-59/h1-46H. The Hall–Kier alpha value is -9.24. The van der Waals surface area contributed by atoms with Crippen LogP contribution in [0.25, 0.3) is 105 Å². The Labute approximate surface area is 408 Å². The van der Waals surface area contributed by atoms with Crippen molar-refractivity contribution in [3.63, 3.8) is 0 Å². The third-order valence-electron chi connectivity index (χ3n) is 14.0. The summed E-state index contributed by atoms with van der Waals surface area (Å²) in [6, 6.07) is 102. The largest absolute Gasteiger partial charge is 0.311 e. The summed E-state index contributed by atoms with van der Waals surface area (Å²) in [6.07, 6.45) is 0. The number of anilines is 3. The third-order valence-corrected chi connectivity index (χ3v) is 14.0. The van der Waals surface area contributed by atoms with Crippen LogP contribution >= 0.6 is 0 Å². The topological polar surface area (TPSA) is 8.17 Å². The zero-order valence-corrected chi connectivity index (χ0v) is 38.5. The maximum absolute atomic E-state index is 2.39. The summed E-state index contributed by atoms with van der Waals surface area (Å²) in [5, 5.41) is 7.49. The van der Waals surface area contributed by atoms with Gasteiger partial charge in [-0.1, -0.05) is 200 Å². The average molecular weight is 891 g/mol. The van der Waals surface area contributed by atoms with Gasteiger partial charge >= 0.3 is 0 Å². The molecule has 0 amide bonds. The molecule has 0 saturated heterocycles. The lowest BCUT2D eigenvalue weighted by Gasteiger charge is -2.26. The zero-order chi connectivity index (χ0) is 46.4. The minimum Gasteiger partial charge on any atom is -0.311 e. The summed E-state index contributed by atoms with van der Waals surface area (Å²) in [4.78, 5) is 2.36. The highest BCUT2D eigenvalue weighted by Crippen LogP contribution is 2.40. The van der Waals surface area contributed by atoms with Gasteiger partial charge in [0.15, 0.2) is 0 Å². The predicted molar refractivity (Wildman–Crippen MR) is 298 cm³/mol. The lowest BCUT2D eigenvalue weighted by Crippen LogP contribution is -2.09. The van der Waals surface area contributed by atoms with Crippen LogP contribution in [0.5, 0.6) is 0 Å². The van der Waals surface area contributed by atoms with Crippen LogP contribution in [0.1, 0.15) is 0 Å². The van der Waals surface area contributed by atoms with E-state index in [1.165, 1.54) is 99.0 Å². The van der Waals surface area contributed by atoms with Crippen LogP contribution in [0.3, 0.4) is 0 Å². The fourth-order valence-corrected chi connectivity index (χ4v) is 10.3. The molecule has 0 aliphatic carbocycles. The van der Waals surface area contributed by atoms with E-state index < -0.39 is 0 Å². The second-order valence-electron chi connectivity index (χ2n) is 18.2. The highest BCUT2D eigenvalue weighted by molar-refractivity contribution is 6.10. The van der Waals surface area contributed by atoms with E-state index in [1.807, 2.05) is 0 Å². The van der Waals surface area contributed by atoms with Crippen LogP contribution in [-0.4, -0.2) is 4.57 Å². The first-order chi connectivity index (χ1) is 34.7. The number of hydrogen-bond acceptors (Lipinski definition) is 1. The second kappa shape index (κ2) is 17.4. The zero-order valence-electron chi connectivity index (χ0n) is 38.5. The minimum atomic E-state index is 1.09. The molecule has 2 nitrogen and oxygen atoms in total. The van der Waals surface area contributed by atoms with Crippen molar-refractivity contribution in [3.05, 3.63) is 279 Å². The van der Waals surface area contributed by atoms with Gasteiger partial charge in [-0.05, 0) is 156 Å². The third kappa shape index (κ3) is 7.59. The van der Waals surface area contributed by atoms with E-state index in [0.717, 1.165) is 22.7 Å². The van der Waals surface area contributed by atoms with Gasteiger partial charge in [-0.2, -0.15) is 0 Å². The van der Waals surface area contributed by atoms with Crippen LogP contribution in [0.2, 0.25) is 0 Å². The van der Waals surface area contributed by atoms with E-state index in [0.29, 0.717) is 0 Å². The van der Waals surface area contributed by atoms with Gasteiger partial charge in [-0.25, -0.2) is 0 Å². The number of aromatic nitrogens is 1. The van der Waals surface area contributed by atoms with Crippen LogP contribution < -0.4 is 4.90 Å². The molecule has 328 valence electrons. The maximum atomic E-state index is 2.39.